The molecule has 0 bridgehead atoms. The predicted octanol–water partition coefficient (Wildman–Crippen LogP) is 2.42. The summed E-state index contributed by atoms with van der Waals surface area (Å²) in [5.41, 5.74) is 0.773. The Kier molecular flexibility index (Phi) is 8.75. The lowest BCUT2D eigenvalue weighted by Crippen LogP contribution is -2.43. The van der Waals surface area contributed by atoms with Crippen LogP contribution in [0.5, 0.6) is 5.75 Å². The highest BCUT2D eigenvalue weighted by Crippen LogP contribution is 2.26. The fourth-order valence-electron chi connectivity index (χ4n) is 3.63. The van der Waals surface area contributed by atoms with Crippen LogP contribution in [0.25, 0.3) is 0 Å². The summed E-state index contributed by atoms with van der Waals surface area (Å²) in [6.07, 6.45) is 1.85. The first kappa shape index (κ1) is 26.9. The third-order valence-corrected chi connectivity index (χ3v) is 8.75. The second-order valence-electron chi connectivity index (χ2n) is 8.27. The van der Waals surface area contributed by atoms with Gasteiger partial charge in [-0.1, -0.05) is 24.3 Å². The van der Waals surface area contributed by atoms with Crippen LogP contribution >= 0.6 is 0 Å². The summed E-state index contributed by atoms with van der Waals surface area (Å²) in [4.78, 5) is 13.4. The van der Waals surface area contributed by atoms with E-state index in [-0.39, 0.29) is 22.8 Å². The lowest BCUT2D eigenvalue weighted by Gasteiger charge is -2.25. The molecule has 1 atom stereocenters. The van der Waals surface area contributed by atoms with Gasteiger partial charge < -0.3 is 19.1 Å². The number of carbonyl (C=O) groups is 1. The number of urea groups is 1. The van der Waals surface area contributed by atoms with Gasteiger partial charge in [-0.25, -0.2) is 17.5 Å². The highest BCUT2D eigenvalue weighted by Gasteiger charge is 2.29. The molecule has 1 N–H and O–H groups in total. The molecule has 35 heavy (non-hydrogen) atoms. The van der Waals surface area contributed by atoms with Gasteiger partial charge in [0.15, 0.2) is 0 Å². The summed E-state index contributed by atoms with van der Waals surface area (Å²) in [6, 6.07) is 11.3. The van der Waals surface area contributed by atoms with Crippen LogP contribution in [0.15, 0.2) is 58.3 Å². The van der Waals surface area contributed by atoms with Crippen molar-refractivity contribution in [3.05, 3.63) is 54.1 Å². The number of hydrogen-bond donors (Lipinski definition) is 1. The first-order chi connectivity index (χ1) is 16.5. The summed E-state index contributed by atoms with van der Waals surface area (Å²) < 4.78 is 62.9. The van der Waals surface area contributed by atoms with Crippen LogP contribution in [0.1, 0.15) is 25.3 Å². The van der Waals surface area contributed by atoms with Crippen molar-refractivity contribution in [2.45, 2.75) is 42.2 Å². The molecule has 1 heterocycles. The Morgan fingerprint density at radius 2 is 1.71 bits per heavy atom. The SMILES string of the molecule is CCNC(=O)N(Cc1ccc(OS(=O)(=O)c2ccccc2S(=O)(=O)N(C)C)cc1)C[C@H]1CCCO1. The van der Waals surface area contributed by atoms with Crippen LogP contribution in [0, 0.1) is 0 Å². The van der Waals surface area contributed by atoms with Crippen molar-refractivity contribution in [1.82, 2.24) is 14.5 Å². The van der Waals surface area contributed by atoms with Gasteiger partial charge in [0, 0.05) is 40.3 Å². The van der Waals surface area contributed by atoms with Crippen molar-refractivity contribution in [2.24, 2.45) is 0 Å². The van der Waals surface area contributed by atoms with Crippen LogP contribution in [0.3, 0.4) is 0 Å². The number of carbonyl (C=O) groups excluding carboxylic acids is 1. The summed E-state index contributed by atoms with van der Waals surface area (Å²) in [7, 11) is -5.79. The molecule has 192 valence electrons. The maximum Gasteiger partial charge on any atom is 0.340 e. The van der Waals surface area contributed by atoms with Crippen molar-refractivity contribution >= 4 is 26.2 Å². The van der Waals surface area contributed by atoms with Gasteiger partial charge in [0.05, 0.1) is 6.10 Å². The van der Waals surface area contributed by atoms with Gasteiger partial charge in [0.2, 0.25) is 10.0 Å². The Morgan fingerprint density at radius 3 is 2.29 bits per heavy atom. The van der Waals surface area contributed by atoms with E-state index in [1.165, 1.54) is 50.5 Å². The molecule has 12 heteroatoms. The minimum Gasteiger partial charge on any atom is -0.379 e. The van der Waals surface area contributed by atoms with Gasteiger partial charge in [-0.15, -0.1) is 0 Å². The number of benzene rings is 2. The Morgan fingerprint density at radius 1 is 1.06 bits per heavy atom. The topological polar surface area (TPSA) is 122 Å². The molecule has 1 fully saturated rings. The number of nitrogens with one attached hydrogen (secondary N) is 1. The molecule has 1 saturated heterocycles. The molecule has 0 saturated carbocycles. The first-order valence-electron chi connectivity index (χ1n) is 11.2. The van der Waals surface area contributed by atoms with E-state index in [2.05, 4.69) is 5.32 Å². The Bertz CT molecular complexity index is 1220. The summed E-state index contributed by atoms with van der Waals surface area (Å²) >= 11 is 0. The van der Waals surface area contributed by atoms with Gasteiger partial charge in [0.25, 0.3) is 0 Å². The van der Waals surface area contributed by atoms with Crippen LogP contribution in [0.4, 0.5) is 4.79 Å². The first-order valence-corrected chi connectivity index (χ1v) is 14.1. The Hall–Kier alpha value is -2.67. The zero-order valence-electron chi connectivity index (χ0n) is 20.0. The standard InChI is InChI=1S/C23H31N3O7S2/c1-4-24-23(27)26(17-20-8-7-15-32-20)16-18-11-13-19(14-12-18)33-35(30,31)22-10-6-5-9-21(22)34(28,29)25(2)3/h5-6,9-14,20H,4,7-8,15-17H2,1-3H3,(H,24,27)/t20-/m1/s1. The van der Waals surface area contributed by atoms with Gasteiger partial charge in [-0.3, -0.25) is 0 Å². The molecule has 0 radical (unpaired) electrons. The fourth-order valence-corrected chi connectivity index (χ4v) is 6.23. The molecule has 3 rings (SSSR count). The van der Waals surface area contributed by atoms with Crippen molar-refractivity contribution in [3.63, 3.8) is 0 Å². The zero-order valence-corrected chi connectivity index (χ0v) is 21.6. The Labute approximate surface area is 207 Å². The van der Waals surface area contributed by atoms with Crippen LogP contribution in [-0.4, -0.2) is 72.0 Å². The zero-order chi connectivity index (χ0) is 25.6. The smallest absolute Gasteiger partial charge is 0.340 e. The molecule has 10 nitrogen and oxygen atoms in total. The van der Waals surface area contributed by atoms with E-state index in [1.807, 2.05) is 6.92 Å². The van der Waals surface area contributed by atoms with E-state index in [4.69, 9.17) is 8.92 Å². The molecule has 0 spiro atoms. The number of rotatable bonds is 10. The highest BCUT2D eigenvalue weighted by atomic mass is 32.2. The molecule has 0 aromatic heterocycles. The van der Waals surface area contributed by atoms with Gasteiger partial charge >= 0.3 is 16.1 Å². The number of amides is 2. The van der Waals surface area contributed by atoms with Crippen molar-refractivity contribution < 1.29 is 30.6 Å². The number of ether oxygens (including phenoxy) is 1. The molecule has 0 aliphatic carbocycles. The minimum absolute atomic E-state index is 0.0103. The van der Waals surface area contributed by atoms with E-state index in [0.717, 1.165) is 22.7 Å². The van der Waals surface area contributed by atoms with Crippen molar-refractivity contribution in [2.75, 3.05) is 33.8 Å². The predicted molar refractivity (Wildman–Crippen MR) is 130 cm³/mol. The van der Waals surface area contributed by atoms with Gasteiger partial charge in [-0.2, -0.15) is 8.42 Å². The summed E-state index contributed by atoms with van der Waals surface area (Å²) in [5, 5.41) is 2.80. The average molecular weight is 526 g/mol. The monoisotopic (exact) mass is 525 g/mol. The Balaban J connectivity index is 1.77. The largest absolute Gasteiger partial charge is 0.379 e. The van der Waals surface area contributed by atoms with Crippen LogP contribution in [0.2, 0.25) is 0 Å². The third-order valence-electron chi connectivity index (χ3n) is 5.44. The van der Waals surface area contributed by atoms with Crippen LogP contribution < -0.4 is 9.50 Å². The van der Waals surface area contributed by atoms with E-state index >= 15 is 0 Å². The molecule has 0 unspecified atom stereocenters. The number of sulfonamides is 1. The fraction of sp³-hybridized carbons (Fsp3) is 0.435. The second-order valence-corrected chi connectivity index (χ2v) is 11.9. The lowest BCUT2D eigenvalue weighted by molar-refractivity contribution is 0.0796. The molecule has 2 aromatic carbocycles. The van der Waals surface area contributed by atoms with Gasteiger partial charge in [0.1, 0.15) is 15.5 Å². The lowest BCUT2D eigenvalue weighted by atomic mass is 10.2. The molecular formula is C23H31N3O7S2. The van der Waals surface area contributed by atoms with E-state index in [9.17, 15) is 21.6 Å². The van der Waals surface area contributed by atoms with E-state index in [0.29, 0.717) is 26.2 Å². The van der Waals surface area contributed by atoms with E-state index in [1.54, 1.807) is 17.0 Å². The highest BCUT2D eigenvalue weighted by molar-refractivity contribution is 7.91. The average Bonchev–Trinajstić information content (AvgIpc) is 3.33. The summed E-state index contributed by atoms with van der Waals surface area (Å²) in [6.45, 7) is 3.79. The third kappa shape index (κ3) is 6.72. The maximum absolute atomic E-state index is 12.9. The summed E-state index contributed by atoms with van der Waals surface area (Å²) in [5.74, 6) is 0.0227. The number of hydrogen-bond acceptors (Lipinski definition) is 7. The van der Waals surface area contributed by atoms with Crippen molar-refractivity contribution in [3.8, 4) is 5.75 Å². The van der Waals surface area contributed by atoms with Crippen LogP contribution in [-0.2, 0) is 31.4 Å². The normalized spacial score (nSPS) is 16.3. The quantitative estimate of drug-likeness (QED) is 0.473. The minimum atomic E-state index is -4.43. The van der Waals surface area contributed by atoms with E-state index < -0.39 is 25.0 Å². The molecule has 2 amide bonds. The van der Waals surface area contributed by atoms with Gasteiger partial charge in [-0.05, 0) is 49.6 Å². The molecule has 1 aliphatic heterocycles. The molecule has 2 aromatic rings. The second kappa shape index (κ2) is 11.4. The maximum atomic E-state index is 12.9. The number of nitrogens with zero attached hydrogens (tertiary/aromatic N) is 2. The molecule has 1 aliphatic rings. The van der Waals surface area contributed by atoms with Crippen molar-refractivity contribution in [1.29, 1.82) is 0 Å². The molecular weight excluding hydrogens is 494 g/mol.